The first-order chi connectivity index (χ1) is 9.38. The molecular weight excluding hydrogens is 368 g/mol. The van der Waals surface area contributed by atoms with Crippen LogP contribution in [0.2, 0.25) is 5.02 Å². The molecule has 1 aromatic heterocycles. The normalized spacial score (nSPS) is 15.6. The Morgan fingerprint density at radius 1 is 1.35 bits per heavy atom. The SMILES string of the molecule is NS(=O)(=O)c1nnc(-c2ccc(Cl)c(Br)c2)n1C1CC1. The van der Waals surface area contributed by atoms with Gasteiger partial charge in [0.2, 0.25) is 0 Å². The van der Waals surface area contributed by atoms with Gasteiger partial charge in [-0.2, -0.15) is 0 Å². The fourth-order valence-corrected chi connectivity index (χ4v) is 3.13. The third-order valence-corrected chi connectivity index (χ3v) is 5.01. The summed E-state index contributed by atoms with van der Waals surface area (Å²) >= 11 is 9.29. The minimum Gasteiger partial charge on any atom is -0.294 e. The number of hydrogen-bond donors (Lipinski definition) is 1. The highest BCUT2D eigenvalue weighted by molar-refractivity contribution is 9.10. The zero-order chi connectivity index (χ0) is 14.5. The van der Waals surface area contributed by atoms with Crippen molar-refractivity contribution in [2.45, 2.75) is 24.0 Å². The van der Waals surface area contributed by atoms with Crippen LogP contribution in [-0.4, -0.2) is 23.2 Å². The molecule has 0 saturated heterocycles. The lowest BCUT2D eigenvalue weighted by Gasteiger charge is -2.08. The molecule has 20 heavy (non-hydrogen) atoms. The van der Waals surface area contributed by atoms with Crippen LogP contribution in [0, 0.1) is 0 Å². The van der Waals surface area contributed by atoms with Crippen molar-refractivity contribution in [2.75, 3.05) is 0 Å². The van der Waals surface area contributed by atoms with Gasteiger partial charge < -0.3 is 0 Å². The fraction of sp³-hybridized carbons (Fsp3) is 0.273. The monoisotopic (exact) mass is 376 g/mol. The van der Waals surface area contributed by atoms with Crippen molar-refractivity contribution in [2.24, 2.45) is 5.14 Å². The van der Waals surface area contributed by atoms with Crippen molar-refractivity contribution in [3.05, 3.63) is 27.7 Å². The second kappa shape index (κ2) is 4.80. The summed E-state index contributed by atoms with van der Waals surface area (Å²) < 4.78 is 25.4. The van der Waals surface area contributed by atoms with E-state index in [9.17, 15) is 8.42 Å². The maximum Gasteiger partial charge on any atom is 0.273 e. The number of benzene rings is 1. The van der Waals surface area contributed by atoms with E-state index in [4.69, 9.17) is 16.7 Å². The van der Waals surface area contributed by atoms with Gasteiger partial charge in [0, 0.05) is 16.1 Å². The maximum atomic E-state index is 11.6. The summed E-state index contributed by atoms with van der Waals surface area (Å²) in [4.78, 5) is 0. The first-order valence-electron chi connectivity index (χ1n) is 5.81. The van der Waals surface area contributed by atoms with Crippen LogP contribution in [0.15, 0.2) is 27.8 Å². The van der Waals surface area contributed by atoms with Gasteiger partial charge in [-0.1, -0.05) is 11.6 Å². The number of nitrogens with zero attached hydrogens (tertiary/aromatic N) is 3. The standard InChI is InChI=1S/C11H10BrClN4O2S/c12-8-5-6(1-4-9(8)13)10-15-16-11(20(14,18)19)17(10)7-2-3-7/h1,4-5,7H,2-3H2,(H2,14,18,19). The zero-order valence-electron chi connectivity index (χ0n) is 10.1. The van der Waals surface area contributed by atoms with Gasteiger partial charge in [0.1, 0.15) is 0 Å². The minimum atomic E-state index is -3.89. The van der Waals surface area contributed by atoms with E-state index < -0.39 is 10.0 Å². The van der Waals surface area contributed by atoms with Crippen molar-refractivity contribution in [1.82, 2.24) is 14.8 Å². The molecule has 106 valence electrons. The predicted octanol–water partition coefficient (Wildman–Crippen LogP) is 2.34. The first kappa shape index (κ1) is 14.0. The largest absolute Gasteiger partial charge is 0.294 e. The molecule has 6 nitrogen and oxygen atoms in total. The number of nitrogens with two attached hydrogens (primary N) is 1. The van der Waals surface area contributed by atoms with Gasteiger partial charge in [-0.3, -0.25) is 4.57 Å². The maximum absolute atomic E-state index is 11.6. The molecule has 9 heteroatoms. The quantitative estimate of drug-likeness (QED) is 0.889. The molecule has 0 radical (unpaired) electrons. The lowest BCUT2D eigenvalue weighted by molar-refractivity contribution is 0.567. The Labute approximate surface area is 129 Å². The number of rotatable bonds is 3. The Morgan fingerprint density at radius 3 is 2.60 bits per heavy atom. The van der Waals surface area contributed by atoms with E-state index in [-0.39, 0.29) is 11.2 Å². The smallest absolute Gasteiger partial charge is 0.273 e. The van der Waals surface area contributed by atoms with E-state index >= 15 is 0 Å². The summed E-state index contributed by atoms with van der Waals surface area (Å²) in [7, 11) is -3.89. The van der Waals surface area contributed by atoms with E-state index in [1.807, 2.05) is 0 Å². The van der Waals surface area contributed by atoms with Gasteiger partial charge in [0.25, 0.3) is 15.2 Å². The zero-order valence-corrected chi connectivity index (χ0v) is 13.3. The molecule has 2 N–H and O–H groups in total. The molecule has 3 rings (SSSR count). The average Bonchev–Trinajstić information content (AvgIpc) is 3.10. The lowest BCUT2D eigenvalue weighted by Crippen LogP contribution is -2.18. The highest BCUT2D eigenvalue weighted by Gasteiger charge is 2.33. The molecule has 1 saturated carbocycles. The summed E-state index contributed by atoms with van der Waals surface area (Å²) in [5.74, 6) is 0.480. The number of aromatic nitrogens is 3. The van der Waals surface area contributed by atoms with Crippen LogP contribution in [-0.2, 0) is 10.0 Å². The van der Waals surface area contributed by atoms with E-state index in [1.165, 1.54) is 0 Å². The van der Waals surface area contributed by atoms with Gasteiger partial charge >= 0.3 is 0 Å². The summed E-state index contributed by atoms with van der Waals surface area (Å²) in [6, 6.07) is 5.34. The van der Waals surface area contributed by atoms with E-state index in [1.54, 1.807) is 22.8 Å². The molecule has 0 unspecified atom stereocenters. The molecule has 2 aromatic rings. The second-order valence-electron chi connectivity index (χ2n) is 4.58. The van der Waals surface area contributed by atoms with Crippen molar-refractivity contribution in [3.8, 4) is 11.4 Å². The number of halogens is 2. The Bertz CT molecular complexity index is 786. The van der Waals surface area contributed by atoms with Crippen LogP contribution in [0.4, 0.5) is 0 Å². The fourth-order valence-electron chi connectivity index (χ4n) is 1.96. The number of primary sulfonamides is 1. The molecule has 0 atom stereocenters. The Hall–Kier alpha value is -0.960. The minimum absolute atomic E-state index is 0.0859. The molecule has 1 aromatic carbocycles. The third-order valence-electron chi connectivity index (χ3n) is 3.01. The topological polar surface area (TPSA) is 90.9 Å². The van der Waals surface area contributed by atoms with Crippen molar-refractivity contribution in [3.63, 3.8) is 0 Å². The van der Waals surface area contributed by atoms with Crippen molar-refractivity contribution >= 4 is 37.6 Å². The van der Waals surface area contributed by atoms with Crippen LogP contribution in [0.1, 0.15) is 18.9 Å². The van der Waals surface area contributed by atoms with Gasteiger partial charge in [0.15, 0.2) is 5.82 Å². The molecule has 0 spiro atoms. The van der Waals surface area contributed by atoms with E-state index in [2.05, 4.69) is 26.1 Å². The van der Waals surface area contributed by atoms with Crippen LogP contribution in [0.5, 0.6) is 0 Å². The van der Waals surface area contributed by atoms with Gasteiger partial charge in [-0.25, -0.2) is 13.6 Å². The van der Waals surface area contributed by atoms with Crippen LogP contribution in [0.3, 0.4) is 0 Å². The predicted molar refractivity (Wildman–Crippen MR) is 77.8 cm³/mol. The molecule has 1 aliphatic carbocycles. The molecule has 0 amide bonds. The molecule has 1 fully saturated rings. The Kier molecular flexibility index (Phi) is 3.36. The van der Waals surface area contributed by atoms with Crippen molar-refractivity contribution in [1.29, 1.82) is 0 Å². The van der Waals surface area contributed by atoms with Gasteiger partial charge in [-0.05, 0) is 47.0 Å². The summed E-state index contributed by atoms with van der Waals surface area (Å²) in [6.07, 6.45) is 1.78. The van der Waals surface area contributed by atoms with E-state index in [0.717, 1.165) is 18.4 Å². The Morgan fingerprint density at radius 2 is 2.05 bits per heavy atom. The summed E-state index contributed by atoms with van der Waals surface area (Å²) in [5.41, 5.74) is 0.732. The molecule has 0 aliphatic heterocycles. The molecule has 1 heterocycles. The average molecular weight is 378 g/mol. The molecular formula is C11H10BrClN4O2S. The van der Waals surface area contributed by atoms with Crippen LogP contribution >= 0.6 is 27.5 Å². The highest BCUT2D eigenvalue weighted by atomic mass is 79.9. The lowest BCUT2D eigenvalue weighted by atomic mass is 10.2. The van der Waals surface area contributed by atoms with E-state index in [0.29, 0.717) is 15.3 Å². The number of sulfonamides is 1. The van der Waals surface area contributed by atoms with Crippen LogP contribution < -0.4 is 5.14 Å². The van der Waals surface area contributed by atoms with Crippen LogP contribution in [0.25, 0.3) is 11.4 Å². The highest BCUT2D eigenvalue weighted by Crippen LogP contribution is 2.40. The first-order valence-corrected chi connectivity index (χ1v) is 8.53. The van der Waals surface area contributed by atoms with Gasteiger partial charge in [-0.15, -0.1) is 10.2 Å². The third kappa shape index (κ3) is 2.48. The molecule has 0 bridgehead atoms. The summed E-state index contributed by atoms with van der Waals surface area (Å²) in [5, 5.41) is 13.3. The Balaban J connectivity index is 2.19. The molecule has 1 aliphatic rings. The summed E-state index contributed by atoms with van der Waals surface area (Å²) in [6.45, 7) is 0. The second-order valence-corrected chi connectivity index (χ2v) is 7.30. The number of hydrogen-bond acceptors (Lipinski definition) is 4. The van der Waals surface area contributed by atoms with Gasteiger partial charge in [0.05, 0.1) is 5.02 Å². The van der Waals surface area contributed by atoms with Crippen molar-refractivity contribution < 1.29 is 8.42 Å².